The van der Waals surface area contributed by atoms with Gasteiger partial charge in [-0.2, -0.15) is 0 Å². The minimum absolute atomic E-state index is 0.0572. The maximum absolute atomic E-state index is 11.5. The second kappa shape index (κ2) is 3.18. The molecule has 0 aliphatic carbocycles. The predicted molar refractivity (Wildman–Crippen MR) is 48.5 cm³/mol. The van der Waals surface area contributed by atoms with Crippen molar-refractivity contribution >= 4 is 6.03 Å². The Labute approximate surface area is 78.2 Å². The van der Waals surface area contributed by atoms with E-state index in [1.54, 1.807) is 0 Å². The molecule has 4 nitrogen and oxygen atoms in total. The third-order valence-electron chi connectivity index (χ3n) is 2.62. The highest BCUT2D eigenvalue weighted by Crippen LogP contribution is 2.29. The molecule has 2 amide bonds. The van der Waals surface area contributed by atoms with Crippen molar-refractivity contribution in [2.24, 2.45) is 0 Å². The molecule has 13 heavy (non-hydrogen) atoms. The number of carbonyl (C=O) groups excluding carboxylic acids is 1. The topological polar surface area (TPSA) is 41.6 Å². The fraction of sp³-hybridized carbons (Fsp3) is 0.889. The number of carbonyl (C=O) groups is 1. The summed E-state index contributed by atoms with van der Waals surface area (Å²) >= 11 is 0. The van der Waals surface area contributed by atoms with E-state index in [-0.39, 0.29) is 12.1 Å². The van der Waals surface area contributed by atoms with Gasteiger partial charge in [0.05, 0.1) is 18.7 Å². The van der Waals surface area contributed by atoms with E-state index in [1.807, 2.05) is 18.7 Å². The number of fused-ring (bicyclic) bond motifs is 1. The number of nitrogens with zero attached hydrogens (tertiary/aromatic N) is 1. The maximum atomic E-state index is 11.5. The van der Waals surface area contributed by atoms with Crippen molar-refractivity contribution in [1.82, 2.24) is 10.2 Å². The molecule has 2 saturated heterocycles. The van der Waals surface area contributed by atoms with Crippen LogP contribution in [0.1, 0.15) is 20.3 Å². The summed E-state index contributed by atoms with van der Waals surface area (Å²) in [6, 6.07) is 0.620. The Balaban J connectivity index is 1.85. The van der Waals surface area contributed by atoms with Gasteiger partial charge < -0.3 is 15.0 Å². The Morgan fingerprint density at radius 2 is 2.38 bits per heavy atom. The van der Waals surface area contributed by atoms with Crippen molar-refractivity contribution in [2.45, 2.75) is 38.5 Å². The number of likely N-dealkylation sites (tertiary alicyclic amines) is 1. The predicted octanol–water partition coefficient (Wildman–Crippen LogP) is 0.577. The van der Waals surface area contributed by atoms with Crippen LogP contribution in [0.25, 0.3) is 0 Å². The first-order valence-corrected chi connectivity index (χ1v) is 4.87. The summed E-state index contributed by atoms with van der Waals surface area (Å²) in [5, 5.41) is 2.89. The molecule has 2 heterocycles. The molecule has 2 rings (SSSR count). The van der Waals surface area contributed by atoms with E-state index in [9.17, 15) is 4.79 Å². The standard InChI is InChI=1S/C9H16N2O2/c1-6(2)10-9(12)11-5-8-7(11)3-4-13-8/h6-8H,3-5H2,1-2H3,(H,10,12)/t7-,8-/m1/s1. The normalized spacial score (nSPS) is 31.5. The molecule has 2 fully saturated rings. The molecule has 0 spiro atoms. The lowest BCUT2D eigenvalue weighted by Gasteiger charge is -2.43. The average molecular weight is 184 g/mol. The molecule has 0 aromatic rings. The lowest BCUT2D eigenvalue weighted by Crippen LogP contribution is -2.62. The summed E-state index contributed by atoms with van der Waals surface area (Å²) in [6.07, 6.45) is 1.31. The van der Waals surface area contributed by atoms with Gasteiger partial charge in [0.25, 0.3) is 0 Å². The first-order valence-electron chi connectivity index (χ1n) is 4.87. The average Bonchev–Trinajstić information content (AvgIpc) is 2.30. The Bertz CT molecular complexity index is 218. The SMILES string of the molecule is CC(C)NC(=O)N1C[C@H]2OCC[C@H]21. The number of nitrogens with one attached hydrogen (secondary N) is 1. The van der Waals surface area contributed by atoms with Crippen LogP contribution in [0.15, 0.2) is 0 Å². The Morgan fingerprint density at radius 3 is 3.00 bits per heavy atom. The number of ether oxygens (including phenoxy) is 1. The molecule has 0 aromatic carbocycles. The van der Waals surface area contributed by atoms with E-state index in [0.717, 1.165) is 19.6 Å². The van der Waals surface area contributed by atoms with Crippen molar-refractivity contribution in [3.05, 3.63) is 0 Å². The van der Waals surface area contributed by atoms with E-state index in [4.69, 9.17) is 4.74 Å². The summed E-state index contributed by atoms with van der Waals surface area (Å²) in [4.78, 5) is 13.4. The zero-order chi connectivity index (χ0) is 9.42. The van der Waals surface area contributed by atoms with Crippen molar-refractivity contribution < 1.29 is 9.53 Å². The van der Waals surface area contributed by atoms with Gasteiger partial charge in [-0.25, -0.2) is 4.79 Å². The summed E-state index contributed by atoms with van der Waals surface area (Å²) in [6.45, 7) is 5.52. The van der Waals surface area contributed by atoms with E-state index in [0.29, 0.717) is 12.1 Å². The van der Waals surface area contributed by atoms with Gasteiger partial charge in [0, 0.05) is 12.6 Å². The molecule has 0 unspecified atom stereocenters. The highest BCUT2D eigenvalue weighted by molar-refractivity contribution is 5.76. The van der Waals surface area contributed by atoms with Crippen LogP contribution >= 0.6 is 0 Å². The van der Waals surface area contributed by atoms with Crippen molar-refractivity contribution in [1.29, 1.82) is 0 Å². The first kappa shape index (κ1) is 8.81. The van der Waals surface area contributed by atoms with Crippen LogP contribution in [-0.2, 0) is 4.74 Å². The van der Waals surface area contributed by atoms with Gasteiger partial charge in [0.2, 0.25) is 0 Å². The summed E-state index contributed by atoms with van der Waals surface area (Å²) in [7, 11) is 0. The third kappa shape index (κ3) is 1.50. The van der Waals surface area contributed by atoms with E-state index in [2.05, 4.69) is 5.32 Å². The van der Waals surface area contributed by atoms with Crippen LogP contribution in [0.5, 0.6) is 0 Å². The van der Waals surface area contributed by atoms with Gasteiger partial charge >= 0.3 is 6.03 Å². The molecular formula is C9H16N2O2. The molecule has 0 bridgehead atoms. The molecule has 0 saturated carbocycles. The fourth-order valence-corrected chi connectivity index (χ4v) is 1.92. The number of amides is 2. The van der Waals surface area contributed by atoms with Crippen LogP contribution in [0.3, 0.4) is 0 Å². The molecule has 1 N–H and O–H groups in total. The third-order valence-corrected chi connectivity index (χ3v) is 2.62. The monoisotopic (exact) mass is 184 g/mol. The van der Waals surface area contributed by atoms with Gasteiger partial charge in [-0.3, -0.25) is 0 Å². The molecule has 2 aliphatic rings. The van der Waals surface area contributed by atoms with Crippen LogP contribution in [0, 0.1) is 0 Å². The molecule has 4 heteroatoms. The number of rotatable bonds is 1. The zero-order valence-electron chi connectivity index (χ0n) is 8.12. The van der Waals surface area contributed by atoms with Gasteiger partial charge in [0.15, 0.2) is 0 Å². The molecule has 0 aromatic heterocycles. The number of hydrogen-bond donors (Lipinski definition) is 1. The van der Waals surface area contributed by atoms with Crippen molar-refractivity contribution in [2.75, 3.05) is 13.2 Å². The Kier molecular flexibility index (Phi) is 2.15. The highest BCUT2D eigenvalue weighted by Gasteiger charge is 2.45. The van der Waals surface area contributed by atoms with Crippen LogP contribution in [0.4, 0.5) is 4.79 Å². The maximum Gasteiger partial charge on any atom is 0.318 e. The van der Waals surface area contributed by atoms with Crippen molar-refractivity contribution in [3.63, 3.8) is 0 Å². The zero-order valence-corrected chi connectivity index (χ0v) is 8.12. The Hall–Kier alpha value is -0.770. The van der Waals surface area contributed by atoms with Gasteiger partial charge in [-0.15, -0.1) is 0 Å². The summed E-state index contributed by atoms with van der Waals surface area (Å²) in [5.41, 5.74) is 0. The van der Waals surface area contributed by atoms with Crippen molar-refractivity contribution in [3.8, 4) is 0 Å². The summed E-state index contributed by atoms with van der Waals surface area (Å²) < 4.78 is 5.42. The largest absolute Gasteiger partial charge is 0.374 e. The van der Waals surface area contributed by atoms with Crippen LogP contribution < -0.4 is 5.32 Å². The second-order valence-electron chi connectivity index (χ2n) is 4.02. The first-order chi connectivity index (χ1) is 6.18. The lowest BCUT2D eigenvalue weighted by molar-refractivity contribution is -0.0152. The highest BCUT2D eigenvalue weighted by atomic mass is 16.5. The Morgan fingerprint density at radius 1 is 1.62 bits per heavy atom. The quantitative estimate of drug-likeness (QED) is 0.647. The van der Waals surface area contributed by atoms with E-state index >= 15 is 0 Å². The molecule has 74 valence electrons. The van der Waals surface area contributed by atoms with Gasteiger partial charge in [0.1, 0.15) is 0 Å². The number of hydrogen-bond acceptors (Lipinski definition) is 2. The van der Waals surface area contributed by atoms with Gasteiger partial charge in [-0.1, -0.05) is 0 Å². The fourth-order valence-electron chi connectivity index (χ4n) is 1.92. The molecular weight excluding hydrogens is 168 g/mol. The van der Waals surface area contributed by atoms with Crippen LogP contribution in [0.2, 0.25) is 0 Å². The van der Waals surface area contributed by atoms with Crippen LogP contribution in [-0.4, -0.2) is 42.3 Å². The second-order valence-corrected chi connectivity index (χ2v) is 4.02. The van der Waals surface area contributed by atoms with E-state index in [1.165, 1.54) is 0 Å². The molecule has 2 aliphatic heterocycles. The van der Waals surface area contributed by atoms with E-state index < -0.39 is 0 Å². The van der Waals surface area contributed by atoms with Gasteiger partial charge in [-0.05, 0) is 20.3 Å². The molecule has 0 radical (unpaired) electrons. The number of urea groups is 1. The minimum Gasteiger partial charge on any atom is -0.374 e. The summed E-state index contributed by atoms with van der Waals surface area (Å²) in [5.74, 6) is 0. The smallest absolute Gasteiger partial charge is 0.318 e. The minimum atomic E-state index is 0.0572. The molecule has 2 atom stereocenters. The lowest BCUT2D eigenvalue weighted by atomic mass is 10.00.